The highest BCUT2D eigenvalue weighted by atomic mass is 35.5. The van der Waals surface area contributed by atoms with Crippen molar-refractivity contribution >= 4 is 29.3 Å². The van der Waals surface area contributed by atoms with Crippen LogP contribution in [0, 0.1) is 0 Å². The maximum Gasteiger partial charge on any atom is 0.354 e. The Morgan fingerprint density at radius 2 is 1.83 bits per heavy atom. The van der Waals surface area contributed by atoms with Gasteiger partial charge in [-0.2, -0.15) is 0 Å². The van der Waals surface area contributed by atoms with E-state index in [0.29, 0.717) is 34.5 Å². The number of ether oxygens (including phenoxy) is 2. The van der Waals surface area contributed by atoms with E-state index in [2.05, 4.69) is 15.6 Å². The van der Waals surface area contributed by atoms with Gasteiger partial charge in [0.25, 0.3) is 0 Å². The predicted molar refractivity (Wildman–Crippen MR) is 112 cm³/mol. The summed E-state index contributed by atoms with van der Waals surface area (Å²) in [6, 6.07) is 14.5. The average Bonchev–Trinajstić information content (AvgIpc) is 2.73. The van der Waals surface area contributed by atoms with Crippen LogP contribution in [0.15, 0.2) is 60.8 Å². The lowest BCUT2D eigenvalue weighted by atomic mass is 10.2. The summed E-state index contributed by atoms with van der Waals surface area (Å²) in [5, 5.41) is 14.8. The van der Waals surface area contributed by atoms with E-state index in [-0.39, 0.29) is 11.7 Å². The highest BCUT2D eigenvalue weighted by Crippen LogP contribution is 2.27. The van der Waals surface area contributed by atoms with E-state index in [0.717, 1.165) is 5.56 Å². The molecule has 0 aliphatic heterocycles. The molecule has 8 nitrogen and oxygen atoms in total. The summed E-state index contributed by atoms with van der Waals surface area (Å²) in [5.41, 5.74) is 1.30. The third-order valence-corrected chi connectivity index (χ3v) is 4.27. The number of urea groups is 1. The number of nitrogens with zero attached hydrogens (tertiary/aromatic N) is 1. The van der Waals surface area contributed by atoms with Crippen molar-refractivity contribution in [2.24, 2.45) is 0 Å². The predicted octanol–water partition coefficient (Wildman–Crippen LogP) is 4.56. The number of anilines is 1. The van der Waals surface area contributed by atoms with Crippen molar-refractivity contribution in [3.05, 3.63) is 77.1 Å². The Balaban J connectivity index is 1.53. The average molecular weight is 428 g/mol. The van der Waals surface area contributed by atoms with E-state index in [1.165, 1.54) is 19.4 Å². The van der Waals surface area contributed by atoms with Crippen LogP contribution < -0.4 is 20.1 Å². The van der Waals surface area contributed by atoms with Crippen molar-refractivity contribution in [3.63, 3.8) is 0 Å². The fraction of sp³-hybridized carbons (Fsp3) is 0.0952. The molecule has 3 N–H and O–H groups in total. The zero-order valence-corrected chi connectivity index (χ0v) is 16.6. The van der Waals surface area contributed by atoms with Crippen molar-refractivity contribution in [2.75, 3.05) is 12.4 Å². The lowest BCUT2D eigenvalue weighted by molar-refractivity contribution is 0.0690. The number of halogens is 1. The molecular formula is C21H18ClN3O5. The molecule has 0 aliphatic carbocycles. The van der Waals surface area contributed by atoms with Gasteiger partial charge in [0.1, 0.15) is 17.2 Å². The van der Waals surface area contributed by atoms with Crippen LogP contribution in [0.2, 0.25) is 5.02 Å². The maximum absolute atomic E-state index is 12.1. The number of aromatic carboxylic acids is 1. The Morgan fingerprint density at radius 3 is 2.50 bits per heavy atom. The topological polar surface area (TPSA) is 110 Å². The number of amides is 2. The van der Waals surface area contributed by atoms with Gasteiger partial charge in [-0.1, -0.05) is 23.7 Å². The molecule has 0 unspecified atom stereocenters. The van der Waals surface area contributed by atoms with E-state index in [9.17, 15) is 9.59 Å². The van der Waals surface area contributed by atoms with Crippen LogP contribution in [0.3, 0.4) is 0 Å². The van der Waals surface area contributed by atoms with Gasteiger partial charge < -0.3 is 25.2 Å². The minimum atomic E-state index is -1.13. The number of hydrogen-bond donors (Lipinski definition) is 3. The zero-order chi connectivity index (χ0) is 21.5. The SMILES string of the molecule is COc1ccc(NC(=O)NCc2ccc(Oc3ccnc(C(=O)O)c3)cc2)cc1Cl. The van der Waals surface area contributed by atoms with E-state index in [1.807, 2.05) is 0 Å². The number of hydrogen-bond acceptors (Lipinski definition) is 5. The van der Waals surface area contributed by atoms with Gasteiger partial charge in [-0.25, -0.2) is 14.6 Å². The number of carbonyl (C=O) groups is 2. The first-order chi connectivity index (χ1) is 14.4. The summed E-state index contributed by atoms with van der Waals surface area (Å²) in [7, 11) is 1.52. The van der Waals surface area contributed by atoms with Crippen molar-refractivity contribution < 1.29 is 24.2 Å². The largest absolute Gasteiger partial charge is 0.495 e. The highest BCUT2D eigenvalue weighted by molar-refractivity contribution is 6.32. The van der Waals surface area contributed by atoms with Crippen molar-refractivity contribution in [1.82, 2.24) is 10.3 Å². The van der Waals surface area contributed by atoms with Crippen LogP contribution in [0.25, 0.3) is 0 Å². The molecule has 0 spiro atoms. The summed E-state index contributed by atoms with van der Waals surface area (Å²) >= 11 is 6.04. The van der Waals surface area contributed by atoms with Gasteiger partial charge in [0.05, 0.1) is 12.1 Å². The van der Waals surface area contributed by atoms with Crippen molar-refractivity contribution in [3.8, 4) is 17.2 Å². The van der Waals surface area contributed by atoms with Crippen LogP contribution in [0.1, 0.15) is 16.1 Å². The Bertz CT molecular complexity index is 1060. The van der Waals surface area contributed by atoms with E-state index < -0.39 is 5.97 Å². The first-order valence-corrected chi connectivity index (χ1v) is 9.17. The van der Waals surface area contributed by atoms with E-state index >= 15 is 0 Å². The normalized spacial score (nSPS) is 10.2. The molecule has 3 aromatic rings. The smallest absolute Gasteiger partial charge is 0.354 e. The first-order valence-electron chi connectivity index (χ1n) is 8.79. The number of carbonyl (C=O) groups excluding carboxylic acids is 1. The Morgan fingerprint density at radius 1 is 1.07 bits per heavy atom. The third-order valence-electron chi connectivity index (χ3n) is 3.97. The number of aromatic nitrogens is 1. The number of carboxylic acid groups (broad SMARTS) is 1. The molecule has 154 valence electrons. The van der Waals surface area contributed by atoms with Crippen LogP contribution >= 0.6 is 11.6 Å². The second-order valence-electron chi connectivity index (χ2n) is 6.08. The lowest BCUT2D eigenvalue weighted by Crippen LogP contribution is -2.28. The standard InChI is InChI=1S/C21H18ClN3O5/c1-29-19-7-4-14(10-17(19)22)25-21(28)24-12-13-2-5-15(6-3-13)30-16-8-9-23-18(11-16)20(26)27/h2-11H,12H2,1H3,(H,26,27)(H2,24,25,28). The molecule has 9 heteroatoms. The summed E-state index contributed by atoms with van der Waals surface area (Å²) < 4.78 is 10.7. The molecule has 0 atom stereocenters. The van der Waals surface area contributed by atoms with Crippen LogP contribution in [-0.4, -0.2) is 29.2 Å². The van der Waals surface area contributed by atoms with Gasteiger partial charge in [0, 0.05) is 24.5 Å². The van der Waals surface area contributed by atoms with Crippen LogP contribution in [0.5, 0.6) is 17.2 Å². The molecule has 2 aromatic carbocycles. The summed E-state index contributed by atoms with van der Waals surface area (Å²) in [6.07, 6.45) is 1.37. The number of rotatable bonds is 7. The molecule has 0 saturated heterocycles. The molecule has 0 saturated carbocycles. The molecule has 1 aromatic heterocycles. The third kappa shape index (κ3) is 5.62. The monoisotopic (exact) mass is 427 g/mol. The molecule has 0 radical (unpaired) electrons. The summed E-state index contributed by atoms with van der Waals surface area (Å²) in [4.78, 5) is 26.8. The summed E-state index contributed by atoms with van der Waals surface area (Å²) in [5.74, 6) is 0.289. The quantitative estimate of drug-likeness (QED) is 0.510. The molecule has 0 bridgehead atoms. The minimum Gasteiger partial charge on any atom is -0.495 e. The Kier molecular flexibility index (Phi) is 6.71. The zero-order valence-electron chi connectivity index (χ0n) is 15.9. The number of pyridine rings is 1. The molecular weight excluding hydrogens is 410 g/mol. The lowest BCUT2D eigenvalue weighted by Gasteiger charge is -2.10. The van der Waals surface area contributed by atoms with Gasteiger partial charge >= 0.3 is 12.0 Å². The van der Waals surface area contributed by atoms with Crippen LogP contribution in [-0.2, 0) is 6.54 Å². The number of nitrogens with one attached hydrogen (secondary N) is 2. The van der Waals surface area contributed by atoms with Gasteiger partial charge in [-0.3, -0.25) is 0 Å². The van der Waals surface area contributed by atoms with Gasteiger partial charge in [0.15, 0.2) is 5.69 Å². The molecule has 30 heavy (non-hydrogen) atoms. The Labute approximate surface area is 177 Å². The second-order valence-corrected chi connectivity index (χ2v) is 6.49. The minimum absolute atomic E-state index is 0.0996. The molecule has 0 aliphatic rings. The number of carboxylic acids is 1. The van der Waals surface area contributed by atoms with Crippen molar-refractivity contribution in [1.29, 1.82) is 0 Å². The van der Waals surface area contributed by atoms with E-state index in [4.69, 9.17) is 26.2 Å². The van der Waals surface area contributed by atoms with Gasteiger partial charge in [-0.05, 0) is 42.0 Å². The van der Waals surface area contributed by atoms with Gasteiger partial charge in [0.2, 0.25) is 0 Å². The molecule has 1 heterocycles. The van der Waals surface area contributed by atoms with Gasteiger partial charge in [-0.15, -0.1) is 0 Å². The van der Waals surface area contributed by atoms with Crippen LogP contribution in [0.4, 0.5) is 10.5 Å². The summed E-state index contributed by atoms with van der Waals surface area (Å²) in [6.45, 7) is 0.300. The fourth-order valence-corrected chi connectivity index (χ4v) is 2.76. The van der Waals surface area contributed by atoms with E-state index in [1.54, 1.807) is 48.5 Å². The highest BCUT2D eigenvalue weighted by Gasteiger charge is 2.08. The number of benzene rings is 2. The Hall–Kier alpha value is -3.78. The van der Waals surface area contributed by atoms with Crippen molar-refractivity contribution in [2.45, 2.75) is 6.54 Å². The second kappa shape index (κ2) is 9.62. The molecule has 3 rings (SSSR count). The maximum atomic E-state index is 12.1. The first kappa shape index (κ1) is 20.9. The number of methoxy groups -OCH3 is 1. The molecule has 0 fully saturated rings. The molecule has 2 amide bonds. The fourth-order valence-electron chi connectivity index (χ4n) is 2.50.